The summed E-state index contributed by atoms with van der Waals surface area (Å²) in [7, 11) is 3.11. The summed E-state index contributed by atoms with van der Waals surface area (Å²) in [5, 5.41) is 12.5. The molecule has 0 spiro atoms. The van der Waals surface area contributed by atoms with Crippen molar-refractivity contribution in [3.05, 3.63) is 71.8 Å². The average Bonchev–Trinajstić information content (AvgIpc) is 3.36. The Labute approximate surface area is 227 Å². The first-order valence-corrected chi connectivity index (χ1v) is 12.3. The molecule has 12 heteroatoms. The molecule has 0 aliphatic carbocycles. The summed E-state index contributed by atoms with van der Waals surface area (Å²) in [6, 6.07) is 7.47. The SMILES string of the molecule is CN(C)C(=O)c1cc(F)cc(-c2c[nH]c3nccc(Oc4c(F)cc(NC5=NCC(C)(CO)CO5)cc4F)c23)c1. The van der Waals surface area contributed by atoms with E-state index in [0.29, 0.717) is 22.2 Å². The van der Waals surface area contributed by atoms with Crippen LogP contribution >= 0.6 is 0 Å². The molecule has 0 fully saturated rings. The van der Waals surface area contributed by atoms with Crippen LogP contribution in [0.2, 0.25) is 0 Å². The monoisotopic (exact) mass is 553 g/mol. The Morgan fingerprint density at radius 3 is 2.60 bits per heavy atom. The number of aliphatic hydroxyl groups excluding tert-OH is 1. The van der Waals surface area contributed by atoms with Gasteiger partial charge in [0, 0.05) is 60.9 Å². The number of benzene rings is 2. The van der Waals surface area contributed by atoms with Crippen molar-refractivity contribution in [1.29, 1.82) is 0 Å². The van der Waals surface area contributed by atoms with Crippen molar-refractivity contribution in [3.63, 3.8) is 0 Å². The van der Waals surface area contributed by atoms with Gasteiger partial charge < -0.3 is 29.8 Å². The van der Waals surface area contributed by atoms with Crippen LogP contribution in [0.3, 0.4) is 0 Å². The number of nitrogens with zero attached hydrogens (tertiary/aromatic N) is 3. The lowest BCUT2D eigenvalue weighted by Crippen LogP contribution is -2.38. The number of ether oxygens (including phenoxy) is 2. The second-order valence-corrected chi connectivity index (χ2v) is 10.0. The molecule has 208 valence electrons. The van der Waals surface area contributed by atoms with Crippen molar-refractivity contribution in [3.8, 4) is 22.6 Å². The summed E-state index contributed by atoms with van der Waals surface area (Å²) < 4.78 is 55.9. The van der Waals surface area contributed by atoms with Crippen LogP contribution < -0.4 is 10.1 Å². The van der Waals surface area contributed by atoms with Gasteiger partial charge in [-0.1, -0.05) is 6.92 Å². The number of hydrogen-bond donors (Lipinski definition) is 3. The standard InChI is InChI=1S/C28H26F3N5O4/c1-28(13-37)12-34-27(39-14-28)35-18-9-20(30)24(21(31)10-18)40-22-4-5-32-25-23(22)19(11-33-25)15-6-16(8-17(29)7-15)26(38)36(2)3/h4-11,37H,12-14H2,1-3H3,(H,32,33)(H,34,35). The third-order valence-corrected chi connectivity index (χ3v) is 6.40. The summed E-state index contributed by atoms with van der Waals surface area (Å²) in [5.41, 5.74) is 0.759. The largest absolute Gasteiger partial charge is 0.464 e. The number of carbonyl (C=O) groups is 1. The number of aromatic amines is 1. The van der Waals surface area contributed by atoms with Gasteiger partial charge in [-0.3, -0.25) is 4.79 Å². The molecule has 4 aromatic rings. The fraction of sp³-hybridized carbons (Fsp3) is 0.250. The maximum absolute atomic E-state index is 15.1. The van der Waals surface area contributed by atoms with E-state index >= 15 is 8.78 Å². The smallest absolute Gasteiger partial charge is 0.289 e. The zero-order valence-electron chi connectivity index (χ0n) is 21.9. The van der Waals surface area contributed by atoms with Gasteiger partial charge in [-0.05, 0) is 29.8 Å². The van der Waals surface area contributed by atoms with E-state index in [2.05, 4.69) is 20.3 Å². The molecule has 0 bridgehead atoms. The number of rotatable bonds is 6. The van der Waals surface area contributed by atoms with E-state index in [4.69, 9.17) is 9.47 Å². The maximum Gasteiger partial charge on any atom is 0.289 e. The van der Waals surface area contributed by atoms with E-state index in [0.717, 1.165) is 18.2 Å². The minimum atomic E-state index is -0.995. The number of carbonyl (C=O) groups excluding carboxylic acids is 1. The Balaban J connectivity index is 1.47. The molecule has 1 aliphatic rings. The van der Waals surface area contributed by atoms with Crippen LogP contribution in [0.15, 0.2) is 53.8 Å². The van der Waals surface area contributed by atoms with Crippen molar-refractivity contribution in [2.24, 2.45) is 10.4 Å². The van der Waals surface area contributed by atoms with Gasteiger partial charge in [-0.15, -0.1) is 0 Å². The van der Waals surface area contributed by atoms with Crippen LogP contribution in [0.5, 0.6) is 11.5 Å². The first-order valence-electron chi connectivity index (χ1n) is 12.3. The number of amidine groups is 1. The first kappa shape index (κ1) is 27.0. The second-order valence-electron chi connectivity index (χ2n) is 10.0. The quantitative estimate of drug-likeness (QED) is 0.312. The van der Waals surface area contributed by atoms with Crippen molar-refractivity contribution in [2.45, 2.75) is 6.92 Å². The van der Waals surface area contributed by atoms with Gasteiger partial charge in [0.05, 0.1) is 18.5 Å². The average molecular weight is 554 g/mol. The number of aliphatic hydroxyl groups is 1. The van der Waals surface area contributed by atoms with Gasteiger partial charge in [0.15, 0.2) is 17.4 Å². The topological polar surface area (TPSA) is 112 Å². The second kappa shape index (κ2) is 10.5. The molecule has 1 unspecified atom stereocenters. The van der Waals surface area contributed by atoms with E-state index < -0.39 is 28.6 Å². The summed E-state index contributed by atoms with van der Waals surface area (Å²) in [6.45, 7) is 2.17. The third-order valence-electron chi connectivity index (χ3n) is 6.40. The number of H-pyrrole nitrogens is 1. The van der Waals surface area contributed by atoms with Gasteiger partial charge >= 0.3 is 0 Å². The zero-order chi connectivity index (χ0) is 28.6. The molecule has 5 rings (SSSR count). The molecule has 1 amide bonds. The molecule has 3 N–H and O–H groups in total. The van der Waals surface area contributed by atoms with Crippen LogP contribution in [-0.4, -0.2) is 65.8 Å². The minimum absolute atomic E-state index is 0.0498. The molecule has 1 aliphatic heterocycles. The lowest BCUT2D eigenvalue weighted by Gasteiger charge is -2.30. The Morgan fingerprint density at radius 1 is 1.20 bits per heavy atom. The molecule has 40 heavy (non-hydrogen) atoms. The van der Waals surface area contributed by atoms with Crippen LogP contribution in [0.25, 0.3) is 22.2 Å². The molecule has 9 nitrogen and oxygen atoms in total. The van der Waals surface area contributed by atoms with Crippen LogP contribution in [-0.2, 0) is 4.74 Å². The van der Waals surface area contributed by atoms with Crippen molar-refractivity contribution < 1.29 is 32.5 Å². The number of pyridine rings is 1. The highest BCUT2D eigenvalue weighted by molar-refractivity contribution is 6.00. The van der Waals surface area contributed by atoms with Crippen molar-refractivity contribution >= 4 is 28.6 Å². The summed E-state index contributed by atoms with van der Waals surface area (Å²) >= 11 is 0. The van der Waals surface area contributed by atoms with E-state index in [1.54, 1.807) is 27.2 Å². The number of aromatic nitrogens is 2. The fourth-order valence-electron chi connectivity index (χ4n) is 4.20. The Morgan fingerprint density at radius 2 is 1.95 bits per heavy atom. The minimum Gasteiger partial charge on any atom is -0.464 e. The van der Waals surface area contributed by atoms with Gasteiger partial charge in [0.25, 0.3) is 11.9 Å². The molecule has 2 aromatic carbocycles. The molecule has 0 saturated heterocycles. The summed E-state index contributed by atoms with van der Waals surface area (Å²) in [4.78, 5) is 25.2. The van der Waals surface area contributed by atoms with Gasteiger partial charge in [0.1, 0.15) is 23.8 Å². The Bertz CT molecular complexity index is 1610. The third kappa shape index (κ3) is 5.30. The lowest BCUT2D eigenvalue weighted by atomic mass is 9.93. The van der Waals surface area contributed by atoms with Crippen LogP contribution in [0.4, 0.5) is 18.9 Å². The van der Waals surface area contributed by atoms with Crippen LogP contribution in [0.1, 0.15) is 17.3 Å². The van der Waals surface area contributed by atoms with Crippen molar-refractivity contribution in [2.75, 3.05) is 39.2 Å². The number of nitrogens with one attached hydrogen (secondary N) is 2. The highest BCUT2D eigenvalue weighted by Gasteiger charge is 2.29. The number of aliphatic imine (C=N–C) groups is 1. The van der Waals surface area contributed by atoms with E-state index in [1.807, 2.05) is 0 Å². The van der Waals surface area contributed by atoms with Gasteiger partial charge in [-0.25, -0.2) is 23.1 Å². The predicted octanol–water partition coefficient (Wildman–Crippen LogP) is 4.94. The predicted molar refractivity (Wildman–Crippen MR) is 143 cm³/mol. The Hall–Kier alpha value is -4.58. The lowest BCUT2D eigenvalue weighted by molar-refractivity contribution is 0.0706. The summed E-state index contributed by atoms with van der Waals surface area (Å²) in [6.07, 6.45) is 2.95. The number of halogens is 3. The maximum atomic E-state index is 15.1. The number of hydrogen-bond acceptors (Lipinski definition) is 7. The molecule has 1 atom stereocenters. The normalized spacial score (nSPS) is 16.8. The van der Waals surface area contributed by atoms with E-state index in [-0.39, 0.29) is 48.7 Å². The first-order chi connectivity index (χ1) is 19.1. The Kier molecular flexibility index (Phi) is 7.11. The molecule has 3 heterocycles. The van der Waals surface area contributed by atoms with E-state index in [1.165, 1.54) is 29.3 Å². The number of amides is 1. The van der Waals surface area contributed by atoms with Gasteiger partial charge in [0.2, 0.25) is 0 Å². The van der Waals surface area contributed by atoms with Crippen LogP contribution in [0, 0.1) is 22.9 Å². The highest BCUT2D eigenvalue weighted by atomic mass is 19.1. The van der Waals surface area contributed by atoms with Crippen molar-refractivity contribution in [1.82, 2.24) is 14.9 Å². The number of anilines is 1. The molecule has 2 aromatic heterocycles. The molecule has 0 saturated carbocycles. The molecular formula is C28H26F3N5O4. The summed E-state index contributed by atoms with van der Waals surface area (Å²) in [5.74, 6) is -3.60. The molecule has 0 radical (unpaired) electrons. The van der Waals surface area contributed by atoms with Gasteiger partial charge in [-0.2, -0.15) is 0 Å². The number of fused-ring (bicyclic) bond motifs is 1. The fourth-order valence-corrected chi connectivity index (χ4v) is 4.20. The van der Waals surface area contributed by atoms with E-state index in [9.17, 15) is 14.3 Å². The molecular weight excluding hydrogens is 527 g/mol. The highest BCUT2D eigenvalue weighted by Crippen LogP contribution is 2.39. The zero-order valence-corrected chi connectivity index (χ0v) is 21.9.